The molecule has 0 aliphatic heterocycles. The number of benzene rings is 3. The van der Waals surface area contributed by atoms with Crippen molar-refractivity contribution >= 4 is 10.8 Å². The fourth-order valence-electron chi connectivity index (χ4n) is 2.81. The SMILES string of the molecule is CCCc1ccc(-c2ccc3cc(OCC(F)(F)F)ccc3c2)cc1. The van der Waals surface area contributed by atoms with E-state index in [0.29, 0.717) is 0 Å². The summed E-state index contributed by atoms with van der Waals surface area (Å²) >= 11 is 0. The number of rotatable bonds is 5. The van der Waals surface area contributed by atoms with Crippen LogP contribution in [0.3, 0.4) is 0 Å². The Bertz CT molecular complexity index is 851. The summed E-state index contributed by atoms with van der Waals surface area (Å²) in [6, 6.07) is 19.4. The maximum absolute atomic E-state index is 12.2. The summed E-state index contributed by atoms with van der Waals surface area (Å²) in [6.07, 6.45) is -2.14. The molecule has 1 nitrogen and oxygen atoms in total. The molecule has 3 aromatic rings. The van der Waals surface area contributed by atoms with Gasteiger partial charge in [-0.1, -0.05) is 55.8 Å². The van der Waals surface area contributed by atoms with Crippen molar-refractivity contribution in [3.63, 3.8) is 0 Å². The quantitative estimate of drug-likeness (QED) is 0.520. The number of ether oxygens (including phenoxy) is 1. The van der Waals surface area contributed by atoms with Crippen LogP contribution < -0.4 is 4.74 Å². The highest BCUT2D eigenvalue weighted by molar-refractivity contribution is 5.88. The monoisotopic (exact) mass is 344 g/mol. The molecule has 0 unspecified atom stereocenters. The second-order valence-corrected chi connectivity index (χ2v) is 6.07. The van der Waals surface area contributed by atoms with Gasteiger partial charge in [0.05, 0.1) is 0 Å². The Kier molecular flexibility index (Phi) is 4.98. The Balaban J connectivity index is 1.82. The number of hydrogen-bond donors (Lipinski definition) is 0. The molecule has 0 spiro atoms. The molecule has 0 radical (unpaired) electrons. The first-order chi connectivity index (χ1) is 11.9. The van der Waals surface area contributed by atoms with E-state index in [0.717, 1.165) is 34.7 Å². The molecule has 0 saturated heterocycles. The van der Waals surface area contributed by atoms with Crippen LogP contribution in [0.1, 0.15) is 18.9 Å². The van der Waals surface area contributed by atoms with E-state index in [1.54, 1.807) is 18.2 Å². The molecule has 0 N–H and O–H groups in total. The first kappa shape index (κ1) is 17.3. The van der Waals surface area contributed by atoms with E-state index in [4.69, 9.17) is 4.74 Å². The highest BCUT2D eigenvalue weighted by Crippen LogP contribution is 2.28. The highest BCUT2D eigenvalue weighted by Gasteiger charge is 2.28. The molecular weight excluding hydrogens is 325 g/mol. The standard InChI is InChI=1S/C21H19F3O/c1-2-3-15-4-6-16(7-5-15)17-8-9-19-13-20(11-10-18(19)12-17)25-14-21(22,23)24/h4-13H,2-3,14H2,1H3. The predicted octanol–water partition coefficient (Wildman–Crippen LogP) is 6.40. The largest absolute Gasteiger partial charge is 0.484 e. The summed E-state index contributed by atoms with van der Waals surface area (Å²) in [5, 5.41) is 1.82. The molecule has 0 bridgehead atoms. The summed E-state index contributed by atoms with van der Waals surface area (Å²) in [7, 11) is 0. The van der Waals surface area contributed by atoms with Gasteiger partial charge in [-0.05, 0) is 52.1 Å². The third kappa shape index (κ3) is 4.53. The number of fused-ring (bicyclic) bond motifs is 1. The second-order valence-electron chi connectivity index (χ2n) is 6.07. The van der Waals surface area contributed by atoms with Crippen molar-refractivity contribution in [3.8, 4) is 16.9 Å². The minimum Gasteiger partial charge on any atom is -0.484 e. The summed E-state index contributed by atoms with van der Waals surface area (Å²) in [5.41, 5.74) is 3.53. The Labute approximate surface area is 145 Å². The highest BCUT2D eigenvalue weighted by atomic mass is 19.4. The van der Waals surface area contributed by atoms with Gasteiger partial charge in [0.25, 0.3) is 0 Å². The maximum Gasteiger partial charge on any atom is 0.422 e. The first-order valence-electron chi connectivity index (χ1n) is 8.27. The molecule has 130 valence electrons. The van der Waals surface area contributed by atoms with Crippen LogP contribution >= 0.6 is 0 Å². The lowest BCUT2D eigenvalue weighted by Crippen LogP contribution is -2.19. The van der Waals surface area contributed by atoms with Gasteiger partial charge in [-0.15, -0.1) is 0 Å². The van der Waals surface area contributed by atoms with Gasteiger partial charge in [-0.2, -0.15) is 13.2 Å². The van der Waals surface area contributed by atoms with E-state index in [1.807, 2.05) is 18.2 Å². The zero-order chi connectivity index (χ0) is 17.9. The van der Waals surface area contributed by atoms with E-state index < -0.39 is 12.8 Å². The van der Waals surface area contributed by atoms with E-state index >= 15 is 0 Å². The van der Waals surface area contributed by atoms with Gasteiger partial charge in [0.2, 0.25) is 0 Å². The minimum absolute atomic E-state index is 0.224. The molecule has 0 aliphatic carbocycles. The van der Waals surface area contributed by atoms with Crippen molar-refractivity contribution < 1.29 is 17.9 Å². The minimum atomic E-state index is -4.33. The molecule has 25 heavy (non-hydrogen) atoms. The molecule has 0 amide bonds. The topological polar surface area (TPSA) is 9.23 Å². The normalized spacial score (nSPS) is 11.7. The van der Waals surface area contributed by atoms with Gasteiger partial charge in [0, 0.05) is 0 Å². The van der Waals surface area contributed by atoms with Crippen LogP contribution in [-0.4, -0.2) is 12.8 Å². The summed E-state index contributed by atoms with van der Waals surface area (Å²) < 4.78 is 41.5. The van der Waals surface area contributed by atoms with Gasteiger partial charge >= 0.3 is 6.18 Å². The molecule has 0 aliphatic rings. The summed E-state index contributed by atoms with van der Waals surface area (Å²) in [6.45, 7) is 0.880. The summed E-state index contributed by atoms with van der Waals surface area (Å²) in [5.74, 6) is 0.224. The fraction of sp³-hybridized carbons (Fsp3) is 0.238. The Morgan fingerprint density at radius 2 is 1.44 bits per heavy atom. The van der Waals surface area contributed by atoms with Crippen molar-refractivity contribution in [3.05, 3.63) is 66.2 Å². The lowest BCUT2D eigenvalue weighted by Gasteiger charge is -2.10. The third-order valence-electron chi connectivity index (χ3n) is 4.04. The van der Waals surface area contributed by atoms with Gasteiger partial charge in [0.1, 0.15) is 5.75 Å². The molecule has 4 heteroatoms. The second kappa shape index (κ2) is 7.18. The molecular formula is C21H19F3O. The van der Waals surface area contributed by atoms with Gasteiger partial charge in [-0.25, -0.2) is 0 Å². The van der Waals surface area contributed by atoms with Gasteiger partial charge in [-0.3, -0.25) is 0 Å². The van der Waals surface area contributed by atoms with Crippen molar-refractivity contribution in [2.75, 3.05) is 6.61 Å². The van der Waals surface area contributed by atoms with Gasteiger partial charge in [0.15, 0.2) is 6.61 Å². The number of alkyl halides is 3. The average Bonchev–Trinajstić information content (AvgIpc) is 2.60. The van der Waals surface area contributed by atoms with Crippen LogP contribution in [0.15, 0.2) is 60.7 Å². The van der Waals surface area contributed by atoms with Crippen LogP contribution in [0.5, 0.6) is 5.75 Å². The van der Waals surface area contributed by atoms with Crippen LogP contribution in [0.25, 0.3) is 21.9 Å². The third-order valence-corrected chi connectivity index (χ3v) is 4.04. The molecule has 0 heterocycles. The summed E-state index contributed by atoms with van der Waals surface area (Å²) in [4.78, 5) is 0. The molecule has 0 atom stereocenters. The Hall–Kier alpha value is -2.49. The maximum atomic E-state index is 12.2. The smallest absolute Gasteiger partial charge is 0.422 e. The van der Waals surface area contributed by atoms with E-state index in [-0.39, 0.29) is 5.75 Å². The fourth-order valence-corrected chi connectivity index (χ4v) is 2.81. The Morgan fingerprint density at radius 3 is 2.12 bits per heavy atom. The Morgan fingerprint density at radius 1 is 0.800 bits per heavy atom. The number of hydrogen-bond acceptors (Lipinski definition) is 1. The van der Waals surface area contributed by atoms with Crippen molar-refractivity contribution in [2.45, 2.75) is 25.9 Å². The molecule has 0 saturated carbocycles. The van der Waals surface area contributed by atoms with Crippen LogP contribution in [0.2, 0.25) is 0 Å². The van der Waals surface area contributed by atoms with Crippen LogP contribution in [-0.2, 0) is 6.42 Å². The average molecular weight is 344 g/mol. The number of aryl methyl sites for hydroxylation is 1. The van der Waals surface area contributed by atoms with Gasteiger partial charge < -0.3 is 4.74 Å². The number of halogens is 3. The van der Waals surface area contributed by atoms with E-state index in [9.17, 15) is 13.2 Å². The van der Waals surface area contributed by atoms with E-state index in [1.165, 1.54) is 5.56 Å². The van der Waals surface area contributed by atoms with Crippen molar-refractivity contribution in [1.29, 1.82) is 0 Å². The molecule has 0 aromatic heterocycles. The molecule has 3 rings (SSSR count). The lowest BCUT2D eigenvalue weighted by molar-refractivity contribution is -0.153. The van der Waals surface area contributed by atoms with Crippen LogP contribution in [0.4, 0.5) is 13.2 Å². The molecule has 3 aromatic carbocycles. The predicted molar refractivity (Wildman–Crippen MR) is 94.9 cm³/mol. The van der Waals surface area contributed by atoms with Crippen molar-refractivity contribution in [1.82, 2.24) is 0 Å². The van der Waals surface area contributed by atoms with Crippen LogP contribution in [0, 0.1) is 0 Å². The lowest BCUT2D eigenvalue weighted by atomic mass is 9.99. The first-order valence-corrected chi connectivity index (χ1v) is 8.27. The molecule has 0 fully saturated rings. The zero-order valence-corrected chi connectivity index (χ0v) is 13.9. The zero-order valence-electron chi connectivity index (χ0n) is 13.9. The van der Waals surface area contributed by atoms with Crippen molar-refractivity contribution in [2.24, 2.45) is 0 Å². The van der Waals surface area contributed by atoms with E-state index in [2.05, 4.69) is 31.2 Å².